The molecular weight excluding hydrogens is 373 g/mol. The molecule has 6 heteroatoms. The van der Waals surface area contributed by atoms with Crippen molar-refractivity contribution in [1.82, 2.24) is 4.90 Å². The predicted molar refractivity (Wildman–Crippen MR) is 108 cm³/mol. The molecule has 0 radical (unpaired) electrons. The first kappa shape index (κ1) is 21.1. The van der Waals surface area contributed by atoms with Crippen molar-refractivity contribution in [1.29, 1.82) is 0 Å². The summed E-state index contributed by atoms with van der Waals surface area (Å²) in [7, 11) is 3.12. The van der Waals surface area contributed by atoms with Crippen molar-refractivity contribution < 1.29 is 23.8 Å². The fourth-order valence-corrected chi connectivity index (χ4v) is 3.97. The average molecular weight is 401 g/mol. The van der Waals surface area contributed by atoms with Crippen molar-refractivity contribution in [2.45, 2.75) is 44.9 Å². The lowest BCUT2D eigenvalue weighted by Crippen LogP contribution is -2.38. The second-order valence-corrected chi connectivity index (χ2v) is 7.46. The fourth-order valence-electron chi connectivity index (χ4n) is 3.97. The predicted octanol–water partition coefficient (Wildman–Crippen LogP) is 3.92. The highest BCUT2D eigenvalue weighted by molar-refractivity contribution is 5.79. The third-order valence-electron chi connectivity index (χ3n) is 5.47. The Morgan fingerprint density at radius 2 is 1.79 bits per heavy atom. The van der Waals surface area contributed by atoms with Gasteiger partial charge in [0.15, 0.2) is 11.5 Å². The number of methoxy groups -OCH3 is 2. The molecule has 0 bridgehead atoms. The summed E-state index contributed by atoms with van der Waals surface area (Å²) in [4.78, 5) is 15.0. The third kappa shape index (κ3) is 5.07. The summed E-state index contributed by atoms with van der Waals surface area (Å²) in [6.07, 6.45) is 2.26. The van der Waals surface area contributed by atoms with Crippen molar-refractivity contribution in [3.05, 3.63) is 59.4 Å². The Labute approximate surface area is 171 Å². The van der Waals surface area contributed by atoms with Gasteiger partial charge in [0.1, 0.15) is 5.82 Å². The number of aliphatic hydroxyl groups excluding tert-OH is 1. The number of hydrogen-bond acceptors (Lipinski definition) is 4. The van der Waals surface area contributed by atoms with E-state index >= 15 is 0 Å². The summed E-state index contributed by atoms with van der Waals surface area (Å²) in [6, 6.07) is 12.0. The van der Waals surface area contributed by atoms with Crippen LogP contribution in [-0.2, 0) is 17.9 Å². The maximum Gasteiger partial charge on any atom is 0.226 e. The molecule has 29 heavy (non-hydrogen) atoms. The number of benzene rings is 2. The molecule has 1 aliphatic rings. The molecule has 2 aromatic rings. The van der Waals surface area contributed by atoms with Crippen LogP contribution in [0, 0.1) is 11.7 Å². The van der Waals surface area contributed by atoms with E-state index in [9.17, 15) is 14.3 Å². The number of para-hydroxylation sites is 1. The second-order valence-electron chi connectivity index (χ2n) is 7.46. The van der Waals surface area contributed by atoms with Crippen molar-refractivity contribution in [3.63, 3.8) is 0 Å². The Kier molecular flexibility index (Phi) is 7.09. The average Bonchev–Trinajstić information content (AvgIpc) is 2.74. The third-order valence-corrected chi connectivity index (χ3v) is 5.47. The van der Waals surface area contributed by atoms with Gasteiger partial charge >= 0.3 is 0 Å². The van der Waals surface area contributed by atoms with Gasteiger partial charge in [0.25, 0.3) is 0 Å². The number of carbonyl (C=O) groups excluding carboxylic acids is 1. The summed E-state index contributed by atoms with van der Waals surface area (Å²) >= 11 is 0. The Balaban J connectivity index is 1.90. The van der Waals surface area contributed by atoms with Crippen molar-refractivity contribution >= 4 is 5.91 Å². The zero-order chi connectivity index (χ0) is 20.8. The lowest BCUT2D eigenvalue weighted by Gasteiger charge is -2.31. The van der Waals surface area contributed by atoms with Gasteiger partial charge in [-0.1, -0.05) is 36.8 Å². The van der Waals surface area contributed by atoms with Crippen LogP contribution in [0.1, 0.15) is 36.8 Å². The minimum atomic E-state index is -0.459. The number of amides is 1. The quantitative estimate of drug-likeness (QED) is 0.764. The van der Waals surface area contributed by atoms with E-state index in [-0.39, 0.29) is 30.7 Å². The molecule has 0 aromatic heterocycles. The molecule has 1 amide bonds. The fraction of sp³-hybridized carbons (Fsp3) is 0.435. The molecule has 0 heterocycles. The van der Waals surface area contributed by atoms with Crippen LogP contribution in [0.2, 0.25) is 0 Å². The van der Waals surface area contributed by atoms with Gasteiger partial charge < -0.3 is 19.5 Å². The Hall–Kier alpha value is -2.60. The van der Waals surface area contributed by atoms with Gasteiger partial charge in [0.05, 0.1) is 20.3 Å². The lowest BCUT2D eigenvalue weighted by molar-refractivity contribution is -0.139. The zero-order valence-electron chi connectivity index (χ0n) is 16.9. The minimum absolute atomic E-state index is 0.0723. The second kappa shape index (κ2) is 9.74. The van der Waals surface area contributed by atoms with Crippen LogP contribution in [0.15, 0.2) is 42.5 Å². The first-order valence-corrected chi connectivity index (χ1v) is 9.93. The van der Waals surface area contributed by atoms with Crippen LogP contribution in [0.5, 0.6) is 11.5 Å². The van der Waals surface area contributed by atoms with Crippen molar-refractivity contribution in [2.24, 2.45) is 5.92 Å². The SMILES string of the molecule is COc1cccc(CN(Cc2ccccc2F)C(=O)[C@H]2CCC[C@H](O)C2)c1OC. The number of ether oxygens (including phenoxy) is 2. The van der Waals surface area contributed by atoms with Crippen LogP contribution in [0.25, 0.3) is 0 Å². The minimum Gasteiger partial charge on any atom is -0.493 e. The molecule has 0 saturated heterocycles. The molecule has 0 aliphatic heterocycles. The molecule has 1 fully saturated rings. The van der Waals surface area contributed by atoms with E-state index in [2.05, 4.69) is 0 Å². The van der Waals surface area contributed by atoms with Gasteiger partial charge in [-0.25, -0.2) is 4.39 Å². The summed E-state index contributed by atoms with van der Waals surface area (Å²) in [5.74, 6) is 0.465. The van der Waals surface area contributed by atoms with E-state index in [4.69, 9.17) is 9.47 Å². The van der Waals surface area contributed by atoms with Gasteiger partial charge in [0, 0.05) is 30.1 Å². The Morgan fingerprint density at radius 3 is 2.48 bits per heavy atom. The molecule has 2 atom stereocenters. The van der Waals surface area contributed by atoms with E-state index < -0.39 is 6.10 Å². The highest BCUT2D eigenvalue weighted by atomic mass is 19.1. The summed E-state index contributed by atoms with van der Waals surface area (Å²) in [5.41, 5.74) is 1.24. The molecule has 5 nitrogen and oxygen atoms in total. The van der Waals surface area contributed by atoms with Gasteiger partial charge in [-0.3, -0.25) is 4.79 Å². The summed E-state index contributed by atoms with van der Waals surface area (Å²) < 4.78 is 25.2. The molecule has 3 rings (SSSR count). The molecule has 1 saturated carbocycles. The Morgan fingerprint density at radius 1 is 1.07 bits per heavy atom. The first-order valence-electron chi connectivity index (χ1n) is 9.93. The van der Waals surface area contributed by atoms with Gasteiger partial charge in [0.2, 0.25) is 5.91 Å². The summed E-state index contributed by atoms with van der Waals surface area (Å²) in [6.45, 7) is 0.415. The van der Waals surface area contributed by atoms with Crippen molar-refractivity contribution in [2.75, 3.05) is 14.2 Å². The van der Waals surface area contributed by atoms with Crippen LogP contribution < -0.4 is 9.47 Å². The maximum absolute atomic E-state index is 14.3. The van der Waals surface area contributed by atoms with E-state index in [1.54, 1.807) is 43.4 Å². The highest BCUT2D eigenvalue weighted by Gasteiger charge is 2.30. The number of hydrogen-bond donors (Lipinski definition) is 1. The van der Waals surface area contributed by atoms with Crippen LogP contribution >= 0.6 is 0 Å². The Bertz CT molecular complexity index is 841. The summed E-state index contributed by atoms with van der Waals surface area (Å²) in [5, 5.41) is 10.0. The van der Waals surface area contributed by atoms with E-state index in [0.717, 1.165) is 24.8 Å². The van der Waals surface area contributed by atoms with E-state index in [1.165, 1.54) is 6.07 Å². The molecule has 0 spiro atoms. The van der Waals surface area contributed by atoms with Crippen molar-refractivity contribution in [3.8, 4) is 11.5 Å². The number of halogens is 1. The number of nitrogens with zero attached hydrogens (tertiary/aromatic N) is 1. The van der Waals surface area contributed by atoms with Gasteiger partial charge in [-0.15, -0.1) is 0 Å². The highest BCUT2D eigenvalue weighted by Crippen LogP contribution is 2.33. The van der Waals surface area contributed by atoms with Crippen LogP contribution in [-0.4, -0.2) is 36.2 Å². The molecule has 1 N–H and O–H groups in total. The molecule has 1 aliphatic carbocycles. The molecule has 2 aromatic carbocycles. The molecular formula is C23H28FNO4. The monoisotopic (exact) mass is 401 g/mol. The number of rotatable bonds is 7. The zero-order valence-corrected chi connectivity index (χ0v) is 16.9. The van der Waals surface area contributed by atoms with Gasteiger partial charge in [-0.05, 0) is 31.4 Å². The lowest BCUT2D eigenvalue weighted by atomic mass is 9.86. The first-order chi connectivity index (χ1) is 14.0. The smallest absolute Gasteiger partial charge is 0.226 e. The number of aliphatic hydroxyl groups is 1. The standard InChI is InChI=1S/C23H28FNO4/c1-28-21-12-6-9-18(22(21)29-2)15-25(14-17-7-3-4-11-20(17)24)23(27)16-8-5-10-19(26)13-16/h3-4,6-7,9,11-12,16,19,26H,5,8,10,13-15H2,1-2H3/t16-,19-/m0/s1. The van der Waals surface area contributed by atoms with E-state index in [1.807, 2.05) is 12.1 Å². The molecule has 156 valence electrons. The van der Waals surface area contributed by atoms with E-state index in [0.29, 0.717) is 23.5 Å². The maximum atomic E-state index is 14.3. The van der Waals surface area contributed by atoms with Crippen LogP contribution in [0.3, 0.4) is 0 Å². The largest absolute Gasteiger partial charge is 0.493 e. The number of carbonyl (C=O) groups is 1. The normalized spacial score (nSPS) is 18.9. The van der Waals surface area contributed by atoms with Gasteiger partial charge in [-0.2, -0.15) is 0 Å². The molecule has 0 unspecified atom stereocenters. The van der Waals surface area contributed by atoms with Crippen LogP contribution in [0.4, 0.5) is 4.39 Å². The topological polar surface area (TPSA) is 59.0 Å².